The predicted octanol–water partition coefficient (Wildman–Crippen LogP) is 4.86. The molecule has 0 unspecified atom stereocenters. The maximum atomic E-state index is 11.4. The molecule has 0 amide bonds. The van der Waals surface area contributed by atoms with E-state index in [2.05, 4.69) is 43.1 Å². The van der Waals surface area contributed by atoms with E-state index >= 15 is 0 Å². The summed E-state index contributed by atoms with van der Waals surface area (Å²) in [7, 11) is 5.79. The Hall–Kier alpha value is -3.43. The number of morpholine rings is 1. The lowest BCUT2D eigenvalue weighted by atomic mass is 9.71. The number of pyridine rings is 1. The number of aromatic nitrogens is 1. The molecule has 2 aromatic carbocycles. The molecular weight excluding hydrogens is 427 g/mol. The Balaban J connectivity index is 1.29. The van der Waals surface area contributed by atoms with Crippen molar-refractivity contribution < 1.29 is 4.74 Å². The second-order valence-electron chi connectivity index (χ2n) is 8.71. The second-order valence-corrected chi connectivity index (χ2v) is 8.71. The van der Waals surface area contributed by atoms with Crippen LogP contribution in [0.25, 0.3) is 0 Å². The van der Waals surface area contributed by atoms with E-state index in [0.29, 0.717) is 11.6 Å². The van der Waals surface area contributed by atoms with E-state index in [4.69, 9.17) is 12.7 Å². The molecule has 1 aromatic heterocycles. The van der Waals surface area contributed by atoms with E-state index in [0.717, 1.165) is 62.5 Å². The zero-order valence-electron chi connectivity index (χ0n) is 19.0. The number of rotatable bonds is 8. The summed E-state index contributed by atoms with van der Waals surface area (Å²) >= 11 is 0. The Labute approximate surface area is 200 Å². The largest absolute Gasteiger partial charge is 0.378 e. The maximum absolute atomic E-state index is 11.4. The molecule has 2 aliphatic rings. The van der Waals surface area contributed by atoms with Gasteiger partial charge in [0.05, 0.1) is 13.2 Å². The summed E-state index contributed by atoms with van der Waals surface area (Å²) in [5, 5.41) is 12.6. The molecule has 2 heterocycles. The fourth-order valence-electron chi connectivity index (χ4n) is 4.47. The van der Waals surface area contributed by atoms with Crippen LogP contribution < -0.4 is 20.8 Å². The molecule has 5 rings (SSSR count). The Bertz CT molecular complexity index is 1120. The smallest absolute Gasteiger partial charge is 0.178 e. The van der Waals surface area contributed by atoms with Gasteiger partial charge in [0.1, 0.15) is 5.82 Å². The Kier molecular flexibility index (Phi) is 6.47. The zero-order chi connectivity index (χ0) is 23.4. The van der Waals surface area contributed by atoms with Crippen LogP contribution >= 0.6 is 0 Å². The fraction of sp³-hybridized carbons (Fsp3) is 0.320. The summed E-state index contributed by atoms with van der Waals surface area (Å²) in [5.41, 5.74) is 4.17. The molecule has 0 spiro atoms. The van der Waals surface area contributed by atoms with Crippen molar-refractivity contribution >= 4 is 42.4 Å². The molecule has 0 atom stereocenters. The zero-order valence-corrected chi connectivity index (χ0v) is 19.0. The SMILES string of the molecule is [B]NC1(c2ccc(Nc3nc(Nc4ccc(N5CCOCC5)cc4)ccc3N=O)cc2)CCC1. The first kappa shape index (κ1) is 22.4. The molecule has 1 aliphatic heterocycles. The molecular formula is C25H27BN6O2. The van der Waals surface area contributed by atoms with Crippen LogP contribution in [-0.4, -0.2) is 39.3 Å². The molecule has 3 N–H and O–H groups in total. The minimum Gasteiger partial charge on any atom is -0.378 e. The number of ether oxygens (including phenoxy) is 1. The number of nitroso groups, excluding NO2 is 1. The Morgan fingerprint density at radius 3 is 2.21 bits per heavy atom. The molecule has 172 valence electrons. The van der Waals surface area contributed by atoms with Gasteiger partial charge in [-0.2, -0.15) is 0 Å². The lowest BCUT2D eigenvalue weighted by Gasteiger charge is -2.43. The van der Waals surface area contributed by atoms with Crippen molar-refractivity contribution in [3.63, 3.8) is 0 Å². The van der Waals surface area contributed by atoms with Crippen molar-refractivity contribution in [1.82, 2.24) is 10.2 Å². The van der Waals surface area contributed by atoms with Gasteiger partial charge < -0.3 is 25.5 Å². The van der Waals surface area contributed by atoms with E-state index in [1.54, 1.807) is 12.1 Å². The van der Waals surface area contributed by atoms with Crippen molar-refractivity contribution in [2.75, 3.05) is 41.8 Å². The van der Waals surface area contributed by atoms with Gasteiger partial charge in [0.2, 0.25) is 0 Å². The van der Waals surface area contributed by atoms with Crippen LogP contribution in [0.2, 0.25) is 0 Å². The van der Waals surface area contributed by atoms with Crippen molar-refractivity contribution in [2.45, 2.75) is 24.8 Å². The highest BCUT2D eigenvalue weighted by atomic mass is 16.5. The molecule has 1 aliphatic carbocycles. The average Bonchev–Trinajstić information content (AvgIpc) is 2.86. The number of hydrogen-bond donors (Lipinski definition) is 3. The van der Waals surface area contributed by atoms with Crippen LogP contribution in [-0.2, 0) is 10.3 Å². The maximum Gasteiger partial charge on any atom is 0.178 e. The van der Waals surface area contributed by atoms with Crippen molar-refractivity contribution in [3.8, 4) is 0 Å². The molecule has 8 nitrogen and oxygen atoms in total. The first-order valence-corrected chi connectivity index (χ1v) is 11.6. The number of benzene rings is 2. The van der Waals surface area contributed by atoms with E-state index in [9.17, 15) is 4.91 Å². The molecule has 1 saturated carbocycles. The highest BCUT2D eigenvalue weighted by Crippen LogP contribution is 2.41. The number of hydrogen-bond acceptors (Lipinski definition) is 8. The third kappa shape index (κ3) is 4.62. The van der Waals surface area contributed by atoms with Crippen molar-refractivity contribution in [2.24, 2.45) is 5.18 Å². The first-order chi connectivity index (χ1) is 16.7. The summed E-state index contributed by atoms with van der Waals surface area (Å²) in [6.07, 6.45) is 3.22. The molecule has 1 saturated heterocycles. The van der Waals surface area contributed by atoms with Crippen LogP contribution in [0, 0.1) is 4.91 Å². The summed E-state index contributed by atoms with van der Waals surface area (Å²) in [6, 6.07) is 19.6. The van der Waals surface area contributed by atoms with Crippen LogP contribution in [0.5, 0.6) is 0 Å². The monoisotopic (exact) mass is 454 g/mol. The third-order valence-electron chi connectivity index (χ3n) is 6.67. The van der Waals surface area contributed by atoms with Gasteiger partial charge in [-0.1, -0.05) is 12.1 Å². The summed E-state index contributed by atoms with van der Waals surface area (Å²) in [5.74, 6) is 1.01. The van der Waals surface area contributed by atoms with E-state index in [-0.39, 0.29) is 11.2 Å². The average molecular weight is 454 g/mol. The van der Waals surface area contributed by atoms with Gasteiger partial charge in [-0.15, -0.1) is 4.91 Å². The molecule has 2 fully saturated rings. The van der Waals surface area contributed by atoms with E-state index in [1.807, 2.05) is 36.4 Å². The van der Waals surface area contributed by atoms with Crippen LogP contribution in [0.15, 0.2) is 65.8 Å². The van der Waals surface area contributed by atoms with E-state index in [1.165, 1.54) is 5.69 Å². The van der Waals surface area contributed by atoms with Crippen LogP contribution in [0.1, 0.15) is 24.8 Å². The van der Waals surface area contributed by atoms with Gasteiger partial charge in [0.25, 0.3) is 0 Å². The van der Waals surface area contributed by atoms with Gasteiger partial charge in [0.15, 0.2) is 19.5 Å². The van der Waals surface area contributed by atoms with Crippen LogP contribution in [0.3, 0.4) is 0 Å². The van der Waals surface area contributed by atoms with Gasteiger partial charge in [-0.25, -0.2) is 4.98 Å². The summed E-state index contributed by atoms with van der Waals surface area (Å²) in [6.45, 7) is 3.30. The van der Waals surface area contributed by atoms with Gasteiger partial charge in [0, 0.05) is 35.7 Å². The first-order valence-electron chi connectivity index (χ1n) is 11.6. The van der Waals surface area contributed by atoms with Gasteiger partial charge in [-0.05, 0) is 78.5 Å². The number of nitrogens with zero attached hydrogens (tertiary/aromatic N) is 3. The van der Waals surface area contributed by atoms with Crippen LogP contribution in [0.4, 0.5) is 34.4 Å². The lowest BCUT2D eigenvalue weighted by Crippen LogP contribution is -2.46. The van der Waals surface area contributed by atoms with Gasteiger partial charge >= 0.3 is 0 Å². The normalized spacial score (nSPS) is 17.0. The summed E-state index contributed by atoms with van der Waals surface area (Å²) in [4.78, 5) is 18.3. The minimum atomic E-state index is -0.131. The molecule has 2 radical (unpaired) electrons. The van der Waals surface area contributed by atoms with Crippen molar-refractivity contribution in [3.05, 3.63) is 71.1 Å². The fourth-order valence-corrected chi connectivity index (χ4v) is 4.47. The number of anilines is 5. The highest BCUT2D eigenvalue weighted by Gasteiger charge is 2.36. The molecule has 0 bridgehead atoms. The summed E-state index contributed by atoms with van der Waals surface area (Å²) < 4.78 is 5.42. The Morgan fingerprint density at radius 2 is 1.59 bits per heavy atom. The molecule has 34 heavy (non-hydrogen) atoms. The topological polar surface area (TPSA) is 90.9 Å². The van der Waals surface area contributed by atoms with Gasteiger partial charge in [-0.3, -0.25) is 0 Å². The second kappa shape index (κ2) is 9.83. The number of nitrogens with one attached hydrogen (secondary N) is 3. The minimum absolute atomic E-state index is 0.131. The lowest BCUT2D eigenvalue weighted by molar-refractivity contribution is 0.122. The standard InChI is InChI=1S/C25H27BN6O2/c26-31-25(12-1-13-25)18-2-4-20(5-3-18)28-24-22(30-33)10-11-23(29-24)27-19-6-8-21(9-7-19)32-14-16-34-17-15-32/h2-11,31H,1,12-17H2,(H2,27,28,29). The van der Waals surface area contributed by atoms with Crippen molar-refractivity contribution in [1.29, 1.82) is 0 Å². The van der Waals surface area contributed by atoms with E-state index < -0.39 is 0 Å². The Morgan fingerprint density at radius 1 is 0.912 bits per heavy atom. The quantitative estimate of drug-likeness (QED) is 0.331. The molecule has 3 aromatic rings. The predicted molar refractivity (Wildman–Crippen MR) is 137 cm³/mol. The third-order valence-corrected chi connectivity index (χ3v) is 6.67. The highest BCUT2D eigenvalue weighted by molar-refractivity contribution is 6.05. The molecule has 9 heteroatoms.